The van der Waals surface area contributed by atoms with E-state index in [2.05, 4.69) is 10.2 Å². The van der Waals surface area contributed by atoms with Crippen molar-refractivity contribution in [3.63, 3.8) is 0 Å². The Kier molecular flexibility index (Phi) is 6.58. The molecule has 0 fully saturated rings. The van der Waals surface area contributed by atoms with Crippen molar-refractivity contribution in [3.8, 4) is 11.5 Å². The first-order chi connectivity index (χ1) is 11.5. The number of para-hydroxylation sites is 1. The molecule has 2 rings (SSSR count). The number of rotatable bonds is 8. The zero-order chi connectivity index (χ0) is 17.5. The van der Waals surface area contributed by atoms with Gasteiger partial charge in [-0.2, -0.15) is 0 Å². The van der Waals surface area contributed by atoms with Gasteiger partial charge in [0.1, 0.15) is 12.4 Å². The van der Waals surface area contributed by atoms with Crippen LogP contribution >= 0.6 is 0 Å². The summed E-state index contributed by atoms with van der Waals surface area (Å²) in [4.78, 5) is 2.07. The molecular formula is C19H25FN2O2. The second kappa shape index (κ2) is 8.66. The highest BCUT2D eigenvalue weighted by Crippen LogP contribution is 2.23. The molecule has 0 saturated heterocycles. The number of benzene rings is 2. The first-order valence-electron chi connectivity index (χ1n) is 8.04. The van der Waals surface area contributed by atoms with E-state index in [1.807, 2.05) is 45.3 Å². The van der Waals surface area contributed by atoms with Crippen LogP contribution in [0.1, 0.15) is 24.1 Å². The second-order valence-corrected chi connectivity index (χ2v) is 6.07. The maximum atomic E-state index is 13.2. The Morgan fingerprint density at radius 3 is 2.67 bits per heavy atom. The molecule has 0 aliphatic heterocycles. The van der Waals surface area contributed by atoms with E-state index in [1.165, 1.54) is 12.1 Å². The Morgan fingerprint density at radius 2 is 1.96 bits per heavy atom. The van der Waals surface area contributed by atoms with Crippen LogP contribution in [0.4, 0.5) is 4.39 Å². The van der Waals surface area contributed by atoms with E-state index in [1.54, 1.807) is 6.07 Å². The van der Waals surface area contributed by atoms with Gasteiger partial charge in [-0.3, -0.25) is 0 Å². The zero-order valence-corrected chi connectivity index (χ0v) is 14.4. The summed E-state index contributed by atoms with van der Waals surface area (Å²) in [5, 5.41) is 12.9. The first-order valence-corrected chi connectivity index (χ1v) is 8.04. The minimum atomic E-state index is -0.606. The summed E-state index contributed by atoms with van der Waals surface area (Å²) >= 11 is 0. The lowest BCUT2D eigenvalue weighted by molar-refractivity contribution is 0.259. The van der Waals surface area contributed by atoms with Gasteiger partial charge in [-0.1, -0.05) is 24.3 Å². The number of phenolic OH excluding ortho intramolecular Hbond substituents is 1. The lowest BCUT2D eigenvalue weighted by Gasteiger charge is -2.17. The Morgan fingerprint density at radius 1 is 1.21 bits per heavy atom. The number of hydrogen-bond donors (Lipinski definition) is 2. The van der Waals surface area contributed by atoms with Crippen molar-refractivity contribution in [3.05, 3.63) is 59.4 Å². The minimum absolute atomic E-state index is 0.0219. The van der Waals surface area contributed by atoms with Gasteiger partial charge in [-0.05, 0) is 44.8 Å². The first kappa shape index (κ1) is 18.2. The van der Waals surface area contributed by atoms with Crippen LogP contribution in [0.3, 0.4) is 0 Å². The molecule has 0 aliphatic carbocycles. The third-order valence-electron chi connectivity index (χ3n) is 3.84. The SMILES string of the molecule is CC(NCc1ccccc1OCCN(C)C)c1ccc(F)c(O)c1. The quantitative estimate of drug-likeness (QED) is 0.778. The molecule has 0 bridgehead atoms. The molecular weight excluding hydrogens is 307 g/mol. The van der Waals surface area contributed by atoms with Gasteiger partial charge in [0.25, 0.3) is 0 Å². The third-order valence-corrected chi connectivity index (χ3v) is 3.84. The largest absolute Gasteiger partial charge is 0.505 e. The molecule has 2 aromatic carbocycles. The number of aromatic hydroxyl groups is 1. The summed E-state index contributed by atoms with van der Waals surface area (Å²) in [6, 6.07) is 12.3. The highest BCUT2D eigenvalue weighted by atomic mass is 19.1. The number of nitrogens with one attached hydrogen (secondary N) is 1. The summed E-state index contributed by atoms with van der Waals surface area (Å²) in [5.74, 6) is -0.0693. The number of hydrogen-bond acceptors (Lipinski definition) is 4. The van der Waals surface area contributed by atoms with Crippen LogP contribution in [0.25, 0.3) is 0 Å². The molecule has 0 aromatic heterocycles. The monoisotopic (exact) mass is 332 g/mol. The van der Waals surface area contributed by atoms with Gasteiger partial charge in [0.2, 0.25) is 0 Å². The Balaban J connectivity index is 1.96. The van der Waals surface area contributed by atoms with Crippen molar-refractivity contribution in [1.29, 1.82) is 0 Å². The van der Waals surface area contributed by atoms with E-state index in [0.29, 0.717) is 13.2 Å². The zero-order valence-electron chi connectivity index (χ0n) is 14.4. The smallest absolute Gasteiger partial charge is 0.164 e. The standard InChI is InChI=1S/C19H25FN2O2/c1-14(15-8-9-17(20)18(23)12-15)21-13-16-6-4-5-7-19(16)24-11-10-22(2)3/h4-9,12,14,21,23H,10-11,13H2,1-3H3. The fourth-order valence-electron chi connectivity index (χ4n) is 2.31. The van der Waals surface area contributed by atoms with E-state index in [0.717, 1.165) is 23.4 Å². The van der Waals surface area contributed by atoms with Gasteiger partial charge in [-0.25, -0.2) is 4.39 Å². The van der Waals surface area contributed by atoms with Gasteiger partial charge < -0.3 is 20.1 Å². The molecule has 0 radical (unpaired) electrons. The number of nitrogens with zero attached hydrogens (tertiary/aromatic N) is 1. The molecule has 0 spiro atoms. The molecule has 0 heterocycles. The van der Waals surface area contributed by atoms with E-state index < -0.39 is 5.82 Å². The van der Waals surface area contributed by atoms with E-state index in [-0.39, 0.29) is 11.8 Å². The predicted molar refractivity (Wildman–Crippen MR) is 93.8 cm³/mol. The van der Waals surface area contributed by atoms with Gasteiger partial charge in [-0.15, -0.1) is 0 Å². The Bertz CT molecular complexity index is 662. The van der Waals surface area contributed by atoms with Gasteiger partial charge in [0.05, 0.1) is 0 Å². The van der Waals surface area contributed by atoms with Crippen LogP contribution in [0.15, 0.2) is 42.5 Å². The van der Waals surface area contributed by atoms with E-state index >= 15 is 0 Å². The fourth-order valence-corrected chi connectivity index (χ4v) is 2.31. The minimum Gasteiger partial charge on any atom is -0.505 e. The normalized spacial score (nSPS) is 12.4. The highest BCUT2D eigenvalue weighted by molar-refractivity contribution is 5.34. The maximum absolute atomic E-state index is 13.2. The van der Waals surface area contributed by atoms with Gasteiger partial charge >= 0.3 is 0 Å². The van der Waals surface area contributed by atoms with E-state index in [4.69, 9.17) is 4.74 Å². The molecule has 0 saturated carbocycles. The highest BCUT2D eigenvalue weighted by Gasteiger charge is 2.10. The van der Waals surface area contributed by atoms with Crippen molar-refractivity contribution in [2.24, 2.45) is 0 Å². The number of likely N-dealkylation sites (N-methyl/N-ethyl adjacent to an activating group) is 1. The molecule has 130 valence electrons. The average molecular weight is 332 g/mol. The molecule has 5 heteroatoms. The Hall–Kier alpha value is -2.11. The summed E-state index contributed by atoms with van der Waals surface area (Å²) in [6.07, 6.45) is 0. The van der Waals surface area contributed by atoms with Crippen molar-refractivity contribution in [2.45, 2.75) is 19.5 Å². The molecule has 24 heavy (non-hydrogen) atoms. The van der Waals surface area contributed by atoms with Crippen LogP contribution in [0.5, 0.6) is 11.5 Å². The topological polar surface area (TPSA) is 44.7 Å². The summed E-state index contributed by atoms with van der Waals surface area (Å²) in [7, 11) is 4.02. The lowest BCUT2D eigenvalue weighted by Crippen LogP contribution is -2.21. The van der Waals surface area contributed by atoms with Crippen LogP contribution in [0.2, 0.25) is 0 Å². The van der Waals surface area contributed by atoms with Gasteiger partial charge in [0, 0.05) is 24.7 Å². The molecule has 0 amide bonds. The second-order valence-electron chi connectivity index (χ2n) is 6.07. The number of ether oxygens (including phenoxy) is 1. The van der Waals surface area contributed by atoms with Crippen molar-refractivity contribution < 1.29 is 14.2 Å². The van der Waals surface area contributed by atoms with Crippen molar-refractivity contribution in [1.82, 2.24) is 10.2 Å². The molecule has 4 nitrogen and oxygen atoms in total. The van der Waals surface area contributed by atoms with Crippen molar-refractivity contribution in [2.75, 3.05) is 27.2 Å². The molecule has 1 unspecified atom stereocenters. The predicted octanol–water partition coefficient (Wildman–Crippen LogP) is 3.32. The summed E-state index contributed by atoms with van der Waals surface area (Å²) in [5.41, 5.74) is 1.90. The summed E-state index contributed by atoms with van der Waals surface area (Å²) in [6.45, 7) is 4.08. The van der Waals surface area contributed by atoms with Crippen LogP contribution in [-0.4, -0.2) is 37.3 Å². The maximum Gasteiger partial charge on any atom is 0.164 e. The number of phenols is 1. The molecule has 1 atom stereocenters. The average Bonchev–Trinajstić information content (AvgIpc) is 2.56. The molecule has 2 N–H and O–H groups in total. The molecule has 0 aliphatic rings. The fraction of sp³-hybridized carbons (Fsp3) is 0.368. The van der Waals surface area contributed by atoms with Crippen molar-refractivity contribution >= 4 is 0 Å². The lowest BCUT2D eigenvalue weighted by atomic mass is 10.1. The van der Waals surface area contributed by atoms with E-state index in [9.17, 15) is 9.50 Å². The Labute approximate surface area is 142 Å². The summed E-state index contributed by atoms with van der Waals surface area (Å²) < 4.78 is 19.0. The van der Waals surface area contributed by atoms with Crippen LogP contribution in [0, 0.1) is 5.82 Å². The third kappa shape index (κ3) is 5.22. The van der Waals surface area contributed by atoms with Gasteiger partial charge in [0.15, 0.2) is 11.6 Å². The number of halogens is 1. The molecule has 2 aromatic rings. The van der Waals surface area contributed by atoms with Crippen LogP contribution < -0.4 is 10.1 Å². The van der Waals surface area contributed by atoms with Crippen LogP contribution in [-0.2, 0) is 6.54 Å².